The number of nitrogens with zero attached hydrogens (tertiary/aromatic N) is 2. The largest absolute Gasteiger partial charge is 0.379 e. The van der Waals surface area contributed by atoms with Gasteiger partial charge in [-0.15, -0.1) is 0 Å². The van der Waals surface area contributed by atoms with Crippen molar-refractivity contribution in [1.29, 1.82) is 0 Å². The highest BCUT2D eigenvalue weighted by Crippen LogP contribution is 1.99. The van der Waals surface area contributed by atoms with E-state index in [0.29, 0.717) is 59.2 Å². The number of hydrogen-bond donors (Lipinski definition) is 2. The summed E-state index contributed by atoms with van der Waals surface area (Å²) in [5.74, 6) is 5.35. The summed E-state index contributed by atoms with van der Waals surface area (Å²) >= 11 is 0. The highest BCUT2D eigenvalue weighted by atomic mass is 16.6. The zero-order chi connectivity index (χ0) is 25.3. The summed E-state index contributed by atoms with van der Waals surface area (Å²) in [7, 11) is 0. The molecule has 0 aromatic carbocycles. The van der Waals surface area contributed by atoms with Gasteiger partial charge in [0.1, 0.15) is 0 Å². The van der Waals surface area contributed by atoms with Crippen LogP contribution in [0.25, 0.3) is 0 Å². The molecule has 0 aromatic heterocycles. The van der Waals surface area contributed by atoms with E-state index in [9.17, 15) is 4.79 Å². The molecular formula is C24H52N4O5. The number of amides is 1. The number of rotatable bonds is 22. The minimum absolute atomic E-state index is 0.559. The Morgan fingerprint density at radius 1 is 0.788 bits per heavy atom. The summed E-state index contributed by atoms with van der Waals surface area (Å²) in [6.45, 7) is 16.6. The van der Waals surface area contributed by atoms with Crippen molar-refractivity contribution in [3.05, 3.63) is 0 Å². The van der Waals surface area contributed by atoms with E-state index in [-0.39, 0.29) is 0 Å². The summed E-state index contributed by atoms with van der Waals surface area (Å²) < 4.78 is 21.5. The Kier molecular flexibility index (Phi) is 41.2. The Bertz CT molecular complexity index is 410. The Morgan fingerprint density at radius 2 is 1.33 bits per heavy atom. The van der Waals surface area contributed by atoms with Crippen LogP contribution >= 0.6 is 0 Å². The molecule has 0 aliphatic heterocycles. The summed E-state index contributed by atoms with van der Waals surface area (Å²) in [5.41, 5.74) is 0.844. The second kappa shape index (κ2) is 37.7. The fourth-order valence-electron chi connectivity index (χ4n) is 2.12. The van der Waals surface area contributed by atoms with Gasteiger partial charge >= 0.3 is 0 Å². The van der Waals surface area contributed by atoms with Gasteiger partial charge < -0.3 is 30.1 Å². The first-order valence-corrected chi connectivity index (χ1v) is 12.5. The predicted molar refractivity (Wildman–Crippen MR) is 138 cm³/mol. The minimum atomic E-state index is 0.559. The Balaban J connectivity index is -0.000000965. The molecule has 0 saturated heterocycles. The topological polar surface area (TPSA) is 117 Å². The van der Waals surface area contributed by atoms with Crippen LogP contribution in [0.1, 0.15) is 73.1 Å². The number of hydrazone groups is 1. The van der Waals surface area contributed by atoms with Crippen LogP contribution in [0, 0.1) is 0 Å². The molecule has 0 aromatic rings. The molecular weight excluding hydrogens is 424 g/mol. The standard InChI is InChI=1S/C18H37N3O4.C4H9NO.C2H6/c1-3-5-6-7-18(21-19)17-20-8-10-23-12-14-25-16-15-24-13-11-22-9-4-2;1-2-3-5-4-6;1-2/h17H,3-16,19H2,1-2H3;4H,2-3H2,1H3,(H,5,6);1-2H3/b20-17?,21-18-;;. The van der Waals surface area contributed by atoms with E-state index in [0.717, 1.165) is 44.5 Å². The molecule has 0 bridgehead atoms. The summed E-state index contributed by atoms with van der Waals surface area (Å²) in [5, 5.41) is 6.27. The lowest BCUT2D eigenvalue weighted by Gasteiger charge is -2.06. The van der Waals surface area contributed by atoms with Crippen LogP contribution in [0.15, 0.2) is 10.1 Å². The van der Waals surface area contributed by atoms with Gasteiger partial charge in [0.15, 0.2) is 0 Å². The fourth-order valence-corrected chi connectivity index (χ4v) is 2.12. The molecule has 198 valence electrons. The molecule has 33 heavy (non-hydrogen) atoms. The van der Waals surface area contributed by atoms with Crippen LogP contribution in [0.4, 0.5) is 0 Å². The van der Waals surface area contributed by atoms with E-state index in [2.05, 4.69) is 29.3 Å². The van der Waals surface area contributed by atoms with Crippen LogP contribution in [0.3, 0.4) is 0 Å². The fraction of sp³-hybridized carbons (Fsp3) is 0.875. The van der Waals surface area contributed by atoms with Crippen molar-refractivity contribution in [3.63, 3.8) is 0 Å². The van der Waals surface area contributed by atoms with E-state index in [1.54, 1.807) is 6.21 Å². The maximum absolute atomic E-state index is 9.45. The number of aliphatic imine (C=N–C) groups is 1. The molecule has 0 rings (SSSR count). The molecule has 0 saturated carbocycles. The van der Waals surface area contributed by atoms with Gasteiger partial charge in [-0.2, -0.15) is 5.10 Å². The van der Waals surface area contributed by atoms with E-state index < -0.39 is 0 Å². The van der Waals surface area contributed by atoms with Crippen molar-refractivity contribution in [3.8, 4) is 0 Å². The Labute approximate surface area is 202 Å². The van der Waals surface area contributed by atoms with Crippen molar-refractivity contribution in [1.82, 2.24) is 5.32 Å². The van der Waals surface area contributed by atoms with Crippen LogP contribution in [0.2, 0.25) is 0 Å². The van der Waals surface area contributed by atoms with Gasteiger partial charge in [0, 0.05) is 19.4 Å². The first-order valence-electron chi connectivity index (χ1n) is 12.5. The maximum Gasteiger partial charge on any atom is 0.207 e. The van der Waals surface area contributed by atoms with Gasteiger partial charge in [0.25, 0.3) is 0 Å². The number of nitrogens with two attached hydrogens (primary N) is 1. The predicted octanol–water partition coefficient (Wildman–Crippen LogP) is 3.60. The van der Waals surface area contributed by atoms with Gasteiger partial charge in [-0.3, -0.25) is 9.79 Å². The van der Waals surface area contributed by atoms with Gasteiger partial charge in [-0.05, 0) is 25.7 Å². The second-order valence-corrected chi connectivity index (χ2v) is 6.63. The molecule has 0 radical (unpaired) electrons. The van der Waals surface area contributed by atoms with E-state index in [1.165, 1.54) is 12.8 Å². The zero-order valence-corrected chi connectivity index (χ0v) is 22.0. The highest BCUT2D eigenvalue weighted by Gasteiger charge is 1.95. The third-order valence-electron chi connectivity index (χ3n) is 3.75. The van der Waals surface area contributed by atoms with Gasteiger partial charge in [-0.25, -0.2) is 0 Å². The normalized spacial score (nSPS) is 10.9. The molecule has 9 nitrogen and oxygen atoms in total. The molecule has 9 heteroatoms. The van der Waals surface area contributed by atoms with Crippen LogP contribution in [0.5, 0.6) is 0 Å². The molecule has 0 heterocycles. The van der Waals surface area contributed by atoms with Crippen LogP contribution in [-0.4, -0.2) is 84.3 Å². The van der Waals surface area contributed by atoms with Crippen molar-refractivity contribution in [2.75, 3.05) is 65.9 Å². The second-order valence-electron chi connectivity index (χ2n) is 6.63. The number of carbonyl (C=O) groups is 1. The third-order valence-corrected chi connectivity index (χ3v) is 3.75. The smallest absolute Gasteiger partial charge is 0.207 e. The van der Waals surface area contributed by atoms with Crippen LogP contribution < -0.4 is 11.2 Å². The molecule has 0 atom stereocenters. The SMILES string of the molecule is CC.CCCCC/C(C=NCCOCCOCCOCCOCCC)=N/N.CCCNC=O. The summed E-state index contributed by atoms with van der Waals surface area (Å²) in [4.78, 5) is 13.7. The average Bonchev–Trinajstić information content (AvgIpc) is 2.85. The monoisotopic (exact) mass is 476 g/mol. The van der Waals surface area contributed by atoms with Crippen molar-refractivity contribution in [2.24, 2.45) is 15.9 Å². The Hall–Kier alpha value is -1.55. The van der Waals surface area contributed by atoms with Gasteiger partial charge in [-0.1, -0.05) is 47.5 Å². The van der Waals surface area contributed by atoms with Gasteiger partial charge in [0.2, 0.25) is 6.41 Å². The van der Waals surface area contributed by atoms with Crippen molar-refractivity contribution in [2.45, 2.75) is 73.1 Å². The summed E-state index contributed by atoms with van der Waals surface area (Å²) in [6, 6.07) is 0. The first kappa shape index (κ1) is 36.0. The lowest BCUT2D eigenvalue weighted by molar-refractivity contribution is -0.109. The highest BCUT2D eigenvalue weighted by molar-refractivity contribution is 6.30. The summed E-state index contributed by atoms with van der Waals surface area (Å²) in [6.07, 6.45) is 8.86. The molecule has 0 unspecified atom stereocenters. The number of nitrogens with one attached hydrogen (secondary N) is 1. The van der Waals surface area contributed by atoms with E-state index in [1.807, 2.05) is 20.8 Å². The zero-order valence-electron chi connectivity index (χ0n) is 22.0. The van der Waals surface area contributed by atoms with Crippen molar-refractivity contribution < 1.29 is 23.7 Å². The molecule has 0 aliphatic rings. The third kappa shape index (κ3) is 38.1. The Morgan fingerprint density at radius 3 is 1.76 bits per heavy atom. The average molecular weight is 477 g/mol. The number of unbranched alkanes of at least 4 members (excludes halogenated alkanes) is 2. The number of hydrogen-bond acceptors (Lipinski definition) is 8. The quantitative estimate of drug-likeness (QED) is 0.0811. The maximum atomic E-state index is 9.45. The minimum Gasteiger partial charge on any atom is -0.379 e. The van der Waals surface area contributed by atoms with Crippen LogP contribution in [-0.2, 0) is 23.7 Å². The lowest BCUT2D eigenvalue weighted by Crippen LogP contribution is -2.12. The lowest BCUT2D eigenvalue weighted by atomic mass is 10.1. The molecule has 0 spiro atoms. The molecule has 0 aliphatic carbocycles. The van der Waals surface area contributed by atoms with Gasteiger partial charge in [0.05, 0.1) is 58.5 Å². The first-order chi connectivity index (χ1) is 16.3. The van der Waals surface area contributed by atoms with E-state index >= 15 is 0 Å². The molecule has 0 fully saturated rings. The van der Waals surface area contributed by atoms with Crippen molar-refractivity contribution >= 4 is 18.3 Å². The molecule has 3 N–H and O–H groups in total. The number of ether oxygens (including phenoxy) is 4. The molecule has 1 amide bonds. The van der Waals surface area contributed by atoms with E-state index in [4.69, 9.17) is 24.8 Å². The number of carbonyl (C=O) groups excluding carboxylic acids is 1.